The lowest BCUT2D eigenvalue weighted by Gasteiger charge is -2.21. The zero-order valence-electron chi connectivity index (χ0n) is 9.37. The van der Waals surface area contributed by atoms with Crippen LogP contribution in [-0.4, -0.2) is 11.0 Å². The molecule has 1 rings (SSSR count). The first-order chi connectivity index (χ1) is 6.97. The summed E-state index contributed by atoms with van der Waals surface area (Å²) in [5.41, 5.74) is 0.0477. The van der Waals surface area contributed by atoms with Crippen molar-refractivity contribution in [2.45, 2.75) is 27.2 Å². The SMILES string of the molecule is CCC(C)(C)C(=O)Nc1ccccc1O. The summed E-state index contributed by atoms with van der Waals surface area (Å²) in [5, 5.41) is 12.2. The van der Waals surface area contributed by atoms with E-state index in [9.17, 15) is 9.90 Å². The van der Waals surface area contributed by atoms with E-state index in [1.54, 1.807) is 24.3 Å². The molecule has 1 aromatic rings. The molecule has 0 saturated carbocycles. The van der Waals surface area contributed by atoms with Crippen LogP contribution < -0.4 is 5.32 Å². The van der Waals surface area contributed by atoms with Crippen LogP contribution in [0.2, 0.25) is 0 Å². The van der Waals surface area contributed by atoms with E-state index in [0.717, 1.165) is 6.42 Å². The summed E-state index contributed by atoms with van der Waals surface area (Å²) < 4.78 is 0. The molecular formula is C12H17NO2. The third kappa shape index (κ3) is 2.72. The van der Waals surface area contributed by atoms with Crippen LogP contribution in [-0.2, 0) is 4.79 Å². The summed E-state index contributed by atoms with van der Waals surface area (Å²) in [6, 6.07) is 6.72. The molecule has 0 atom stereocenters. The highest BCUT2D eigenvalue weighted by Crippen LogP contribution is 2.26. The van der Waals surface area contributed by atoms with Crippen LogP contribution in [0.25, 0.3) is 0 Å². The molecule has 3 heteroatoms. The molecule has 0 aromatic heterocycles. The fraction of sp³-hybridized carbons (Fsp3) is 0.417. The third-order valence-electron chi connectivity index (χ3n) is 2.65. The maximum atomic E-state index is 11.8. The van der Waals surface area contributed by atoms with Gasteiger partial charge in [-0.25, -0.2) is 0 Å². The molecule has 15 heavy (non-hydrogen) atoms. The monoisotopic (exact) mass is 207 g/mol. The number of carbonyl (C=O) groups excluding carboxylic acids is 1. The summed E-state index contributed by atoms with van der Waals surface area (Å²) in [6.07, 6.45) is 0.756. The Balaban J connectivity index is 2.80. The minimum atomic E-state index is -0.414. The molecule has 1 amide bonds. The van der Waals surface area contributed by atoms with Crippen LogP contribution in [0.3, 0.4) is 0 Å². The maximum absolute atomic E-state index is 11.8. The first-order valence-electron chi connectivity index (χ1n) is 5.07. The van der Waals surface area contributed by atoms with Crippen LogP contribution in [0.1, 0.15) is 27.2 Å². The first-order valence-corrected chi connectivity index (χ1v) is 5.07. The number of phenolic OH excluding ortho intramolecular Hbond substituents is 1. The van der Waals surface area contributed by atoms with Gasteiger partial charge in [-0.05, 0) is 18.6 Å². The zero-order chi connectivity index (χ0) is 11.5. The predicted molar refractivity (Wildman–Crippen MR) is 60.8 cm³/mol. The topological polar surface area (TPSA) is 49.3 Å². The normalized spacial score (nSPS) is 11.1. The van der Waals surface area contributed by atoms with E-state index >= 15 is 0 Å². The van der Waals surface area contributed by atoms with Gasteiger partial charge in [0.05, 0.1) is 5.69 Å². The molecular weight excluding hydrogens is 190 g/mol. The van der Waals surface area contributed by atoms with Gasteiger partial charge in [-0.2, -0.15) is 0 Å². The standard InChI is InChI=1S/C12H17NO2/c1-4-12(2,3)11(15)13-9-7-5-6-8-10(9)14/h5-8,14H,4H2,1-3H3,(H,13,15). The van der Waals surface area contributed by atoms with Crippen molar-refractivity contribution in [1.29, 1.82) is 0 Å². The highest BCUT2D eigenvalue weighted by atomic mass is 16.3. The van der Waals surface area contributed by atoms with Crippen molar-refractivity contribution in [1.82, 2.24) is 0 Å². The van der Waals surface area contributed by atoms with Crippen LogP contribution in [0.5, 0.6) is 5.75 Å². The van der Waals surface area contributed by atoms with Crippen molar-refractivity contribution in [3.63, 3.8) is 0 Å². The second-order valence-corrected chi connectivity index (χ2v) is 4.21. The van der Waals surface area contributed by atoms with Gasteiger partial charge >= 0.3 is 0 Å². The van der Waals surface area contributed by atoms with E-state index in [4.69, 9.17) is 0 Å². The number of rotatable bonds is 3. The molecule has 0 heterocycles. The van der Waals surface area contributed by atoms with Crippen LogP contribution in [0.15, 0.2) is 24.3 Å². The number of benzene rings is 1. The van der Waals surface area contributed by atoms with E-state index < -0.39 is 5.41 Å². The van der Waals surface area contributed by atoms with Gasteiger partial charge in [0.15, 0.2) is 0 Å². The Hall–Kier alpha value is -1.51. The smallest absolute Gasteiger partial charge is 0.230 e. The Kier molecular flexibility index (Phi) is 3.35. The Bertz CT molecular complexity index is 358. The highest BCUT2D eigenvalue weighted by Gasteiger charge is 2.25. The molecule has 82 valence electrons. The summed E-state index contributed by atoms with van der Waals surface area (Å²) in [7, 11) is 0. The van der Waals surface area contributed by atoms with Gasteiger partial charge in [-0.1, -0.05) is 32.9 Å². The summed E-state index contributed by atoms with van der Waals surface area (Å²) in [6.45, 7) is 5.72. The molecule has 2 N–H and O–H groups in total. The van der Waals surface area contributed by atoms with Crippen molar-refractivity contribution < 1.29 is 9.90 Å². The second-order valence-electron chi connectivity index (χ2n) is 4.21. The molecule has 0 spiro atoms. The van der Waals surface area contributed by atoms with Crippen molar-refractivity contribution in [2.75, 3.05) is 5.32 Å². The van der Waals surface area contributed by atoms with Gasteiger partial charge in [0.25, 0.3) is 0 Å². The molecule has 0 aliphatic heterocycles. The number of anilines is 1. The number of hydrogen-bond acceptors (Lipinski definition) is 2. The Morgan fingerprint density at radius 3 is 2.53 bits per heavy atom. The highest BCUT2D eigenvalue weighted by molar-refractivity contribution is 5.95. The lowest BCUT2D eigenvalue weighted by Crippen LogP contribution is -2.29. The van der Waals surface area contributed by atoms with Crippen molar-refractivity contribution in [3.8, 4) is 5.75 Å². The average Bonchev–Trinajstić information content (AvgIpc) is 2.21. The number of aromatic hydroxyl groups is 1. The largest absolute Gasteiger partial charge is 0.506 e. The van der Waals surface area contributed by atoms with Crippen molar-refractivity contribution >= 4 is 11.6 Å². The van der Waals surface area contributed by atoms with Gasteiger partial charge in [0, 0.05) is 5.41 Å². The second kappa shape index (κ2) is 4.34. The molecule has 0 aliphatic rings. The molecule has 0 saturated heterocycles. The summed E-state index contributed by atoms with van der Waals surface area (Å²) >= 11 is 0. The van der Waals surface area contributed by atoms with Gasteiger partial charge in [0.1, 0.15) is 5.75 Å². The zero-order valence-corrected chi connectivity index (χ0v) is 9.37. The number of amides is 1. The Labute approximate surface area is 90.1 Å². The average molecular weight is 207 g/mol. The lowest BCUT2D eigenvalue weighted by molar-refractivity contribution is -0.124. The number of carbonyl (C=O) groups is 1. The fourth-order valence-corrected chi connectivity index (χ4v) is 1.03. The van der Waals surface area contributed by atoms with Crippen molar-refractivity contribution in [2.24, 2.45) is 5.41 Å². The van der Waals surface area contributed by atoms with E-state index in [-0.39, 0.29) is 11.7 Å². The molecule has 1 aromatic carbocycles. The summed E-state index contributed by atoms with van der Waals surface area (Å²) in [4.78, 5) is 11.8. The maximum Gasteiger partial charge on any atom is 0.230 e. The molecule has 0 aliphatic carbocycles. The van der Waals surface area contributed by atoms with E-state index in [1.807, 2.05) is 20.8 Å². The predicted octanol–water partition coefficient (Wildman–Crippen LogP) is 2.77. The Morgan fingerprint density at radius 2 is 2.00 bits per heavy atom. The fourth-order valence-electron chi connectivity index (χ4n) is 1.03. The minimum absolute atomic E-state index is 0.0773. The number of para-hydroxylation sites is 2. The Morgan fingerprint density at radius 1 is 1.40 bits per heavy atom. The first kappa shape index (κ1) is 11.6. The molecule has 0 unspecified atom stereocenters. The van der Waals surface area contributed by atoms with Gasteiger partial charge in [0.2, 0.25) is 5.91 Å². The molecule has 0 radical (unpaired) electrons. The van der Waals surface area contributed by atoms with Gasteiger partial charge < -0.3 is 10.4 Å². The van der Waals surface area contributed by atoms with Crippen LogP contribution >= 0.6 is 0 Å². The van der Waals surface area contributed by atoms with E-state index in [2.05, 4.69) is 5.32 Å². The number of phenols is 1. The van der Waals surface area contributed by atoms with E-state index in [1.165, 1.54) is 0 Å². The molecule has 0 fully saturated rings. The quantitative estimate of drug-likeness (QED) is 0.749. The van der Waals surface area contributed by atoms with E-state index in [0.29, 0.717) is 5.69 Å². The van der Waals surface area contributed by atoms with Crippen LogP contribution in [0.4, 0.5) is 5.69 Å². The third-order valence-corrected chi connectivity index (χ3v) is 2.65. The summed E-state index contributed by atoms with van der Waals surface area (Å²) in [5.74, 6) is 0.0178. The molecule has 0 bridgehead atoms. The minimum Gasteiger partial charge on any atom is -0.506 e. The molecule has 3 nitrogen and oxygen atoms in total. The number of nitrogens with one attached hydrogen (secondary N) is 1. The van der Waals surface area contributed by atoms with Crippen molar-refractivity contribution in [3.05, 3.63) is 24.3 Å². The van der Waals surface area contributed by atoms with Gasteiger partial charge in [-0.3, -0.25) is 4.79 Å². The lowest BCUT2D eigenvalue weighted by atomic mass is 9.89. The van der Waals surface area contributed by atoms with Gasteiger partial charge in [-0.15, -0.1) is 0 Å². The van der Waals surface area contributed by atoms with Crippen LogP contribution in [0, 0.1) is 5.41 Å². The number of hydrogen-bond donors (Lipinski definition) is 2.